The zero-order valence-corrected chi connectivity index (χ0v) is 22.2. The van der Waals surface area contributed by atoms with Crippen molar-refractivity contribution < 1.29 is 23.6 Å². The van der Waals surface area contributed by atoms with Crippen molar-refractivity contribution >= 4 is 34.9 Å². The Morgan fingerprint density at radius 3 is 2.46 bits per heavy atom. The van der Waals surface area contributed by atoms with Crippen molar-refractivity contribution in [2.24, 2.45) is 0 Å². The van der Waals surface area contributed by atoms with Gasteiger partial charge < -0.3 is 19.3 Å². The number of fused-ring (bicyclic) bond motifs is 5. The lowest BCUT2D eigenvalue weighted by molar-refractivity contribution is 0.0696. The van der Waals surface area contributed by atoms with Crippen molar-refractivity contribution in [2.75, 3.05) is 4.90 Å². The fourth-order valence-corrected chi connectivity index (χ4v) is 6.62. The molecule has 0 amide bonds. The van der Waals surface area contributed by atoms with Gasteiger partial charge in [0.15, 0.2) is 0 Å². The average molecular weight is 565 g/mol. The van der Waals surface area contributed by atoms with E-state index in [4.69, 9.17) is 32.5 Å². The summed E-state index contributed by atoms with van der Waals surface area (Å²) < 4.78 is 27.1. The Morgan fingerprint density at radius 2 is 1.77 bits per heavy atom. The fourth-order valence-electron chi connectivity index (χ4n) is 6.05. The summed E-state index contributed by atoms with van der Waals surface area (Å²) in [5.74, 6) is 0.155. The lowest BCUT2D eigenvalue weighted by atomic mass is 9.92. The van der Waals surface area contributed by atoms with Crippen LogP contribution in [-0.4, -0.2) is 16.2 Å². The number of aromatic carboxylic acids is 1. The van der Waals surface area contributed by atoms with Crippen molar-refractivity contribution in [1.82, 2.24) is 5.16 Å². The topological polar surface area (TPSA) is 75.8 Å². The molecule has 1 aliphatic carbocycles. The van der Waals surface area contributed by atoms with Gasteiger partial charge in [-0.25, -0.2) is 9.18 Å². The number of carboxylic acids is 1. The minimum atomic E-state index is -1.15. The zero-order chi connectivity index (χ0) is 26.8. The van der Waals surface area contributed by atoms with E-state index in [1.165, 1.54) is 6.07 Å². The van der Waals surface area contributed by atoms with Crippen LogP contribution in [0, 0.1) is 5.82 Å². The molecule has 2 aliphatic heterocycles. The van der Waals surface area contributed by atoms with Crippen LogP contribution in [0.4, 0.5) is 10.1 Å². The summed E-state index contributed by atoms with van der Waals surface area (Å²) in [6.45, 7) is 0.244. The molecule has 1 saturated carbocycles. The molecule has 4 aromatic rings. The number of rotatable bonds is 7. The first-order chi connectivity index (χ1) is 18.9. The van der Waals surface area contributed by atoms with E-state index in [2.05, 4.69) is 10.1 Å². The average Bonchev–Trinajstić information content (AvgIpc) is 3.44. The van der Waals surface area contributed by atoms with Crippen molar-refractivity contribution in [1.29, 1.82) is 0 Å². The van der Waals surface area contributed by atoms with Crippen LogP contribution in [0.25, 0.3) is 11.3 Å². The third-order valence-corrected chi connectivity index (χ3v) is 8.61. The van der Waals surface area contributed by atoms with Gasteiger partial charge in [0.05, 0.1) is 38.9 Å². The molecular weight excluding hydrogens is 542 g/mol. The number of aromatic nitrogens is 1. The van der Waals surface area contributed by atoms with Gasteiger partial charge in [0, 0.05) is 11.5 Å². The van der Waals surface area contributed by atoms with Gasteiger partial charge >= 0.3 is 5.97 Å². The van der Waals surface area contributed by atoms with Gasteiger partial charge in [-0.1, -0.05) is 40.5 Å². The van der Waals surface area contributed by atoms with Crippen LogP contribution in [0.2, 0.25) is 10.0 Å². The van der Waals surface area contributed by atoms with Gasteiger partial charge in [0.2, 0.25) is 0 Å². The number of hydrogen-bond acceptors (Lipinski definition) is 5. The lowest BCUT2D eigenvalue weighted by Gasteiger charge is -2.25. The first kappa shape index (κ1) is 24.5. The molecule has 0 radical (unpaired) electrons. The number of carboxylic acid groups (broad SMARTS) is 1. The molecular formula is C30H23Cl2FN2O4. The van der Waals surface area contributed by atoms with E-state index in [0.29, 0.717) is 38.7 Å². The second-order valence-corrected chi connectivity index (χ2v) is 11.1. The first-order valence-corrected chi connectivity index (χ1v) is 13.7. The number of benzene rings is 3. The normalized spacial score (nSPS) is 19.4. The molecule has 2 bridgehead atoms. The molecule has 2 fully saturated rings. The van der Waals surface area contributed by atoms with Crippen molar-refractivity contribution in [3.8, 4) is 17.0 Å². The molecule has 2 atom stereocenters. The Morgan fingerprint density at radius 1 is 1.03 bits per heavy atom. The molecule has 1 N–H and O–H groups in total. The van der Waals surface area contributed by atoms with Crippen LogP contribution >= 0.6 is 23.2 Å². The van der Waals surface area contributed by atoms with Gasteiger partial charge in [-0.2, -0.15) is 0 Å². The quantitative estimate of drug-likeness (QED) is 0.243. The maximum atomic E-state index is 15.0. The molecule has 6 nitrogen and oxygen atoms in total. The summed E-state index contributed by atoms with van der Waals surface area (Å²) in [4.78, 5) is 13.3. The molecule has 7 rings (SSSR count). The molecule has 1 aromatic heterocycles. The van der Waals surface area contributed by atoms with E-state index >= 15 is 0 Å². The van der Waals surface area contributed by atoms with E-state index in [9.17, 15) is 14.3 Å². The van der Waals surface area contributed by atoms with E-state index in [-0.39, 0.29) is 24.3 Å². The van der Waals surface area contributed by atoms with Gasteiger partial charge in [-0.05, 0) is 79.3 Å². The van der Waals surface area contributed by atoms with Gasteiger partial charge in [-0.15, -0.1) is 0 Å². The summed E-state index contributed by atoms with van der Waals surface area (Å²) in [5.41, 5.74) is 4.68. The molecule has 9 heteroatoms. The highest BCUT2D eigenvalue weighted by Gasteiger charge is 2.45. The van der Waals surface area contributed by atoms with E-state index in [1.54, 1.807) is 24.3 Å². The Bertz CT molecular complexity index is 1610. The highest BCUT2D eigenvalue weighted by molar-refractivity contribution is 6.39. The maximum absolute atomic E-state index is 15.0. The summed E-state index contributed by atoms with van der Waals surface area (Å²) in [6.07, 6.45) is 3.87. The number of ether oxygens (including phenoxy) is 1. The van der Waals surface area contributed by atoms with Crippen molar-refractivity contribution in [2.45, 2.75) is 50.3 Å². The molecule has 3 aliphatic rings. The standard InChI is InChI=1S/C30H23Cl2FN2O4/c31-21-2-1-3-22(32)27(21)28-20(29(39-34-28)15-4-5-15)14-38-17-7-8-18-19(13-17)25-11-10-24(18)35(25)26-9-6-16(30(36)37)12-23(26)33/h1-3,6-9,12-13,15,24-25H,4-5,10-11,14H2,(H,36,37). The number of hydrogen-bond donors (Lipinski definition) is 1. The minimum Gasteiger partial charge on any atom is -0.489 e. The summed E-state index contributed by atoms with van der Waals surface area (Å²) in [7, 11) is 0. The number of anilines is 1. The Balaban J connectivity index is 1.17. The van der Waals surface area contributed by atoms with Crippen molar-refractivity contribution in [3.63, 3.8) is 0 Å². The third-order valence-electron chi connectivity index (χ3n) is 7.98. The smallest absolute Gasteiger partial charge is 0.335 e. The molecule has 3 aromatic carbocycles. The summed E-state index contributed by atoms with van der Waals surface area (Å²) >= 11 is 13.0. The van der Waals surface area contributed by atoms with Gasteiger partial charge in [0.1, 0.15) is 29.6 Å². The van der Waals surface area contributed by atoms with Crippen LogP contribution in [-0.2, 0) is 6.61 Å². The number of nitrogens with zero attached hydrogens (tertiary/aromatic N) is 2. The number of halogens is 3. The Hall–Kier alpha value is -3.55. The molecule has 3 heterocycles. The highest BCUT2D eigenvalue weighted by Crippen LogP contribution is 2.56. The van der Waals surface area contributed by atoms with Crippen LogP contribution < -0.4 is 9.64 Å². The lowest BCUT2D eigenvalue weighted by Crippen LogP contribution is -2.20. The second-order valence-electron chi connectivity index (χ2n) is 10.3. The van der Waals surface area contributed by atoms with Crippen molar-refractivity contribution in [3.05, 3.63) is 98.5 Å². The molecule has 1 saturated heterocycles. The third kappa shape index (κ3) is 4.07. The van der Waals surface area contributed by atoms with Gasteiger partial charge in [0.25, 0.3) is 0 Å². The minimum absolute atomic E-state index is 0.00571. The van der Waals surface area contributed by atoms with E-state index < -0.39 is 11.8 Å². The largest absolute Gasteiger partial charge is 0.489 e. The summed E-state index contributed by atoms with van der Waals surface area (Å²) in [6, 6.07) is 15.5. The zero-order valence-electron chi connectivity index (χ0n) is 20.7. The maximum Gasteiger partial charge on any atom is 0.335 e. The van der Waals surface area contributed by atoms with E-state index in [0.717, 1.165) is 54.2 Å². The number of carbonyl (C=O) groups is 1. The van der Waals surface area contributed by atoms with Crippen LogP contribution in [0.15, 0.2) is 59.1 Å². The Labute approximate surface area is 233 Å². The predicted octanol–water partition coefficient (Wildman–Crippen LogP) is 8.34. The van der Waals surface area contributed by atoms with Crippen LogP contribution in [0.1, 0.15) is 76.5 Å². The first-order valence-electron chi connectivity index (χ1n) is 12.9. The second kappa shape index (κ2) is 9.28. The van der Waals surface area contributed by atoms with Gasteiger partial charge in [-0.3, -0.25) is 0 Å². The van der Waals surface area contributed by atoms with E-state index in [1.807, 2.05) is 18.2 Å². The monoisotopic (exact) mass is 564 g/mol. The summed E-state index contributed by atoms with van der Waals surface area (Å²) in [5, 5.41) is 14.5. The molecule has 39 heavy (non-hydrogen) atoms. The fraction of sp³-hybridized carbons (Fsp3) is 0.267. The molecule has 2 unspecified atom stereocenters. The predicted molar refractivity (Wildman–Crippen MR) is 145 cm³/mol. The molecule has 198 valence electrons. The molecule has 0 spiro atoms. The Kier molecular flexibility index (Phi) is 5.83. The van der Waals surface area contributed by atoms with Crippen LogP contribution in [0.5, 0.6) is 5.75 Å². The highest BCUT2D eigenvalue weighted by atomic mass is 35.5. The SMILES string of the molecule is O=C(O)c1ccc(N2C3CCC2c2cc(OCc4c(-c5c(Cl)cccc5Cl)noc4C4CC4)ccc23)c(F)c1. The van der Waals surface area contributed by atoms with Crippen LogP contribution in [0.3, 0.4) is 0 Å².